The van der Waals surface area contributed by atoms with Crippen molar-refractivity contribution in [2.75, 3.05) is 23.8 Å². The molecule has 156 valence electrons. The van der Waals surface area contributed by atoms with Crippen LogP contribution in [0.5, 0.6) is 0 Å². The van der Waals surface area contributed by atoms with Gasteiger partial charge in [-0.15, -0.1) is 0 Å². The molecule has 0 spiro atoms. The lowest BCUT2D eigenvalue weighted by atomic mass is 10.0. The van der Waals surface area contributed by atoms with Crippen LogP contribution in [-0.2, 0) is 28.7 Å². The maximum atomic E-state index is 12.6. The fourth-order valence-electron chi connectivity index (χ4n) is 2.33. The third kappa shape index (κ3) is 5.99. The van der Waals surface area contributed by atoms with E-state index >= 15 is 0 Å². The van der Waals surface area contributed by atoms with Crippen LogP contribution in [0.3, 0.4) is 0 Å². The molecular formula is C21H20N2O7. The van der Waals surface area contributed by atoms with Crippen LogP contribution < -0.4 is 10.6 Å². The summed E-state index contributed by atoms with van der Waals surface area (Å²) in [5.41, 5.74) is 1.38. The predicted molar refractivity (Wildman–Crippen MR) is 107 cm³/mol. The van der Waals surface area contributed by atoms with Gasteiger partial charge in [-0.05, 0) is 62.4 Å². The Kier molecular flexibility index (Phi) is 7.81. The van der Waals surface area contributed by atoms with Crippen LogP contribution in [0.25, 0.3) is 0 Å². The first-order valence-electron chi connectivity index (χ1n) is 9.06. The van der Waals surface area contributed by atoms with Crippen molar-refractivity contribution < 1.29 is 33.4 Å². The standard InChI is InChI=1S/C21H20N2O7/c1-3-29-20(27)18(25)22-15-9-5-13(6-10-15)17(24)14-7-11-16(12-8-14)23-19(26)21(28)30-4-2/h5-12H,3-4H2,1-2H3,(H,22,25)(H,23,26). The number of esters is 2. The van der Waals surface area contributed by atoms with Crippen molar-refractivity contribution >= 4 is 40.9 Å². The molecule has 2 aromatic carbocycles. The number of carbonyl (C=O) groups is 5. The molecule has 9 nitrogen and oxygen atoms in total. The van der Waals surface area contributed by atoms with Crippen molar-refractivity contribution in [1.82, 2.24) is 0 Å². The first-order chi connectivity index (χ1) is 14.3. The molecule has 0 saturated heterocycles. The van der Waals surface area contributed by atoms with Crippen molar-refractivity contribution in [2.45, 2.75) is 13.8 Å². The fourth-order valence-corrected chi connectivity index (χ4v) is 2.33. The minimum Gasteiger partial charge on any atom is -0.459 e. The number of rotatable bonds is 6. The van der Waals surface area contributed by atoms with Gasteiger partial charge in [0, 0.05) is 22.5 Å². The normalized spacial score (nSPS) is 9.93. The molecule has 2 aromatic rings. The summed E-state index contributed by atoms with van der Waals surface area (Å²) in [6, 6.07) is 11.9. The van der Waals surface area contributed by atoms with Gasteiger partial charge in [-0.3, -0.25) is 14.4 Å². The summed E-state index contributed by atoms with van der Waals surface area (Å²) in [5, 5.41) is 4.75. The molecule has 9 heteroatoms. The molecule has 0 radical (unpaired) electrons. The highest BCUT2D eigenvalue weighted by atomic mass is 16.5. The summed E-state index contributed by atoms with van der Waals surface area (Å²) in [7, 11) is 0. The number of ketones is 1. The Bertz CT molecular complexity index is 873. The van der Waals surface area contributed by atoms with Crippen molar-refractivity contribution in [2.24, 2.45) is 0 Å². The summed E-state index contributed by atoms with van der Waals surface area (Å²) >= 11 is 0. The van der Waals surface area contributed by atoms with Crippen LogP contribution in [0.4, 0.5) is 11.4 Å². The molecule has 30 heavy (non-hydrogen) atoms. The minimum absolute atomic E-state index is 0.0883. The Hall–Kier alpha value is -4.01. The number of amides is 2. The maximum Gasteiger partial charge on any atom is 0.397 e. The van der Waals surface area contributed by atoms with Gasteiger partial charge in [0.05, 0.1) is 13.2 Å². The SMILES string of the molecule is CCOC(=O)C(=O)Nc1ccc(C(=O)c2ccc(NC(=O)C(=O)OCC)cc2)cc1. The fraction of sp³-hybridized carbons (Fsp3) is 0.190. The van der Waals surface area contributed by atoms with Crippen LogP contribution >= 0.6 is 0 Å². The topological polar surface area (TPSA) is 128 Å². The molecule has 0 aliphatic heterocycles. The van der Waals surface area contributed by atoms with E-state index in [4.69, 9.17) is 0 Å². The number of hydrogen-bond donors (Lipinski definition) is 2. The van der Waals surface area contributed by atoms with E-state index in [1.165, 1.54) is 48.5 Å². The lowest BCUT2D eigenvalue weighted by Crippen LogP contribution is -2.25. The molecular weight excluding hydrogens is 392 g/mol. The highest BCUT2D eigenvalue weighted by molar-refractivity contribution is 6.37. The smallest absolute Gasteiger partial charge is 0.397 e. The summed E-state index contributed by atoms with van der Waals surface area (Å²) in [5.74, 6) is -4.09. The molecule has 0 atom stereocenters. The van der Waals surface area contributed by atoms with Crippen molar-refractivity contribution in [3.63, 3.8) is 0 Å². The van der Waals surface area contributed by atoms with Crippen LogP contribution in [0.15, 0.2) is 48.5 Å². The molecule has 0 aliphatic carbocycles. The molecule has 0 bridgehead atoms. The Morgan fingerprint density at radius 3 is 1.27 bits per heavy atom. The van der Waals surface area contributed by atoms with Crippen molar-refractivity contribution in [1.29, 1.82) is 0 Å². The Morgan fingerprint density at radius 2 is 0.967 bits per heavy atom. The van der Waals surface area contributed by atoms with Crippen LogP contribution in [-0.4, -0.2) is 42.7 Å². The zero-order valence-electron chi connectivity index (χ0n) is 16.4. The van der Waals surface area contributed by atoms with E-state index in [2.05, 4.69) is 20.1 Å². The van der Waals surface area contributed by atoms with Gasteiger partial charge in [0.15, 0.2) is 5.78 Å². The number of benzene rings is 2. The van der Waals surface area contributed by atoms with Gasteiger partial charge in [-0.25, -0.2) is 9.59 Å². The van der Waals surface area contributed by atoms with E-state index in [0.29, 0.717) is 22.5 Å². The first kappa shape index (κ1) is 22.3. The molecule has 0 aromatic heterocycles. The Morgan fingerprint density at radius 1 is 0.633 bits per heavy atom. The minimum atomic E-state index is -0.993. The Labute approximate surface area is 172 Å². The molecule has 0 fully saturated rings. The number of nitrogens with one attached hydrogen (secondary N) is 2. The highest BCUT2D eigenvalue weighted by Gasteiger charge is 2.16. The first-order valence-corrected chi connectivity index (χ1v) is 9.06. The van der Waals surface area contributed by atoms with Gasteiger partial charge in [0.1, 0.15) is 0 Å². The summed E-state index contributed by atoms with van der Waals surface area (Å²) in [4.78, 5) is 58.5. The zero-order valence-corrected chi connectivity index (χ0v) is 16.4. The third-order valence-corrected chi connectivity index (χ3v) is 3.73. The molecule has 0 unspecified atom stereocenters. The second-order valence-electron chi connectivity index (χ2n) is 5.83. The summed E-state index contributed by atoms with van der Waals surface area (Å²) in [6.07, 6.45) is 0. The Balaban J connectivity index is 2.01. The van der Waals surface area contributed by atoms with Crippen molar-refractivity contribution in [3.05, 3.63) is 59.7 Å². The largest absolute Gasteiger partial charge is 0.459 e. The molecule has 2 N–H and O–H groups in total. The van der Waals surface area contributed by atoms with Crippen LogP contribution in [0.2, 0.25) is 0 Å². The maximum absolute atomic E-state index is 12.6. The zero-order chi connectivity index (χ0) is 22.1. The van der Waals surface area contributed by atoms with E-state index in [-0.39, 0.29) is 19.0 Å². The number of ether oxygens (including phenoxy) is 2. The average Bonchev–Trinajstić information content (AvgIpc) is 2.74. The average molecular weight is 412 g/mol. The van der Waals surface area contributed by atoms with Crippen LogP contribution in [0, 0.1) is 0 Å². The van der Waals surface area contributed by atoms with E-state index < -0.39 is 23.8 Å². The summed E-state index contributed by atoms with van der Waals surface area (Å²) in [6.45, 7) is 3.36. The van der Waals surface area contributed by atoms with Gasteiger partial charge in [-0.1, -0.05) is 0 Å². The van der Waals surface area contributed by atoms with Gasteiger partial charge in [-0.2, -0.15) is 0 Å². The van der Waals surface area contributed by atoms with E-state index in [9.17, 15) is 24.0 Å². The highest BCUT2D eigenvalue weighted by Crippen LogP contribution is 2.16. The van der Waals surface area contributed by atoms with Gasteiger partial charge < -0.3 is 20.1 Å². The molecule has 0 heterocycles. The van der Waals surface area contributed by atoms with E-state index in [0.717, 1.165) is 0 Å². The number of carbonyl (C=O) groups excluding carboxylic acids is 5. The number of hydrogen-bond acceptors (Lipinski definition) is 7. The van der Waals surface area contributed by atoms with E-state index in [1.807, 2.05) is 0 Å². The van der Waals surface area contributed by atoms with Gasteiger partial charge >= 0.3 is 23.8 Å². The van der Waals surface area contributed by atoms with Crippen molar-refractivity contribution in [3.8, 4) is 0 Å². The molecule has 0 aliphatic rings. The van der Waals surface area contributed by atoms with Crippen LogP contribution in [0.1, 0.15) is 29.8 Å². The monoisotopic (exact) mass is 412 g/mol. The molecule has 0 saturated carbocycles. The lowest BCUT2D eigenvalue weighted by molar-refractivity contribution is -0.152. The lowest BCUT2D eigenvalue weighted by Gasteiger charge is -2.07. The summed E-state index contributed by atoms with van der Waals surface area (Å²) < 4.78 is 9.20. The van der Waals surface area contributed by atoms with E-state index in [1.54, 1.807) is 13.8 Å². The van der Waals surface area contributed by atoms with Gasteiger partial charge in [0.25, 0.3) is 0 Å². The quantitative estimate of drug-likeness (QED) is 0.421. The molecule has 2 rings (SSSR count). The second kappa shape index (κ2) is 10.5. The predicted octanol–water partition coefficient (Wildman–Crippen LogP) is 1.92. The number of anilines is 2. The van der Waals surface area contributed by atoms with Gasteiger partial charge in [0.2, 0.25) is 0 Å². The second-order valence-corrected chi connectivity index (χ2v) is 5.83. The molecule has 2 amide bonds. The third-order valence-electron chi connectivity index (χ3n) is 3.73.